The summed E-state index contributed by atoms with van der Waals surface area (Å²) in [6.07, 6.45) is 1.43. The van der Waals surface area contributed by atoms with E-state index in [1.165, 1.54) is 13.5 Å². The number of rotatable bonds is 2. The van der Waals surface area contributed by atoms with Gasteiger partial charge in [-0.05, 0) is 18.1 Å². The number of hydrogen-bond acceptors (Lipinski definition) is 2. The fourth-order valence-electron chi connectivity index (χ4n) is 0.878. The molecule has 0 saturated carbocycles. The van der Waals surface area contributed by atoms with Gasteiger partial charge in [0.1, 0.15) is 0 Å². The molecular formula is C10H10O2. The summed E-state index contributed by atoms with van der Waals surface area (Å²) < 4.78 is 4.48. The summed E-state index contributed by atoms with van der Waals surface area (Å²) in [5, 5.41) is 0. The van der Waals surface area contributed by atoms with Gasteiger partial charge in [-0.1, -0.05) is 24.3 Å². The van der Waals surface area contributed by atoms with Gasteiger partial charge in [-0.3, -0.25) is 4.79 Å². The molecule has 1 rings (SSSR count). The lowest BCUT2D eigenvalue weighted by atomic mass is 10.1. The summed E-state index contributed by atoms with van der Waals surface area (Å²) >= 11 is 0. The second-order valence-electron chi connectivity index (χ2n) is 2.41. The zero-order valence-corrected chi connectivity index (χ0v) is 6.91. The first-order valence-electron chi connectivity index (χ1n) is 3.57. The van der Waals surface area contributed by atoms with Crippen molar-refractivity contribution in [3.63, 3.8) is 0 Å². The molecule has 2 radical (unpaired) electrons. The first-order chi connectivity index (χ1) is 5.72. The van der Waals surface area contributed by atoms with Crippen LogP contribution in [0.4, 0.5) is 0 Å². The monoisotopic (exact) mass is 162 g/mol. The Kier molecular flexibility index (Phi) is 2.86. The standard InChI is InChI=1S/C10H10O2/c1-8-4-3-5-9(6-8)7-10(11)12-2/h3-7H,1H2,2H3. The highest BCUT2D eigenvalue weighted by molar-refractivity contribution is 5.83. The average molecular weight is 162 g/mol. The van der Waals surface area contributed by atoms with Crippen LogP contribution in [0.15, 0.2) is 24.3 Å². The van der Waals surface area contributed by atoms with Gasteiger partial charge in [0.05, 0.1) is 13.5 Å². The van der Waals surface area contributed by atoms with Gasteiger partial charge in [0.25, 0.3) is 0 Å². The normalized spacial score (nSPS) is 9.50. The molecule has 0 amide bonds. The van der Waals surface area contributed by atoms with E-state index < -0.39 is 0 Å². The zero-order valence-electron chi connectivity index (χ0n) is 6.91. The summed E-state index contributed by atoms with van der Waals surface area (Å²) in [5.41, 5.74) is 1.70. The van der Waals surface area contributed by atoms with Gasteiger partial charge in [-0.2, -0.15) is 0 Å². The van der Waals surface area contributed by atoms with Crippen molar-refractivity contribution < 1.29 is 9.53 Å². The van der Waals surface area contributed by atoms with Gasteiger partial charge in [-0.25, -0.2) is 0 Å². The van der Waals surface area contributed by atoms with Gasteiger partial charge < -0.3 is 4.74 Å². The van der Waals surface area contributed by atoms with E-state index >= 15 is 0 Å². The van der Waals surface area contributed by atoms with Crippen molar-refractivity contribution >= 4 is 5.97 Å². The lowest BCUT2D eigenvalue weighted by Crippen LogP contribution is -2.01. The molecule has 0 aliphatic rings. The minimum atomic E-state index is -0.347. The maximum Gasteiger partial charge on any atom is 0.314 e. The van der Waals surface area contributed by atoms with Crippen LogP contribution in [0.25, 0.3) is 0 Å². The Labute approximate surface area is 72.2 Å². The van der Waals surface area contributed by atoms with Gasteiger partial charge in [0.2, 0.25) is 0 Å². The van der Waals surface area contributed by atoms with E-state index in [0.717, 1.165) is 11.1 Å². The van der Waals surface area contributed by atoms with E-state index in [0.29, 0.717) is 0 Å². The van der Waals surface area contributed by atoms with Crippen LogP contribution >= 0.6 is 0 Å². The number of carbonyl (C=O) groups is 1. The van der Waals surface area contributed by atoms with Crippen molar-refractivity contribution in [1.82, 2.24) is 0 Å². The van der Waals surface area contributed by atoms with E-state index in [1.54, 1.807) is 0 Å². The lowest BCUT2D eigenvalue weighted by Gasteiger charge is -1.99. The number of carbonyl (C=O) groups excluding carboxylic acids is 1. The fourth-order valence-corrected chi connectivity index (χ4v) is 0.878. The fraction of sp³-hybridized carbons (Fsp3) is 0.100. The van der Waals surface area contributed by atoms with Gasteiger partial charge in [-0.15, -0.1) is 0 Å². The van der Waals surface area contributed by atoms with E-state index in [4.69, 9.17) is 0 Å². The number of hydrogen-bond donors (Lipinski definition) is 0. The highest BCUT2D eigenvalue weighted by atomic mass is 16.5. The minimum Gasteiger partial charge on any atom is -0.469 e. The Hall–Kier alpha value is -1.31. The third-order valence-electron chi connectivity index (χ3n) is 1.44. The largest absolute Gasteiger partial charge is 0.469 e. The Morgan fingerprint density at radius 1 is 1.58 bits per heavy atom. The molecule has 2 heteroatoms. The van der Waals surface area contributed by atoms with Gasteiger partial charge >= 0.3 is 5.97 Å². The summed E-state index contributed by atoms with van der Waals surface area (Å²) in [7, 11) is 1.35. The summed E-state index contributed by atoms with van der Waals surface area (Å²) in [6.45, 7) is 3.74. The van der Waals surface area contributed by atoms with Crippen LogP contribution < -0.4 is 0 Å². The van der Waals surface area contributed by atoms with Crippen molar-refractivity contribution in [3.05, 3.63) is 48.7 Å². The topological polar surface area (TPSA) is 26.3 Å². The smallest absolute Gasteiger partial charge is 0.314 e. The molecule has 0 bridgehead atoms. The van der Waals surface area contributed by atoms with Crippen LogP contribution in [0.3, 0.4) is 0 Å². The van der Waals surface area contributed by atoms with Gasteiger partial charge in [0, 0.05) is 0 Å². The second-order valence-corrected chi connectivity index (χ2v) is 2.41. The molecule has 0 atom stereocenters. The summed E-state index contributed by atoms with van der Waals surface area (Å²) in [4.78, 5) is 10.8. The van der Waals surface area contributed by atoms with Crippen LogP contribution in [0, 0.1) is 13.3 Å². The number of ether oxygens (including phenoxy) is 1. The van der Waals surface area contributed by atoms with Crippen LogP contribution in [0.5, 0.6) is 0 Å². The second kappa shape index (κ2) is 3.90. The molecule has 0 saturated heterocycles. The minimum absolute atomic E-state index is 0.347. The Morgan fingerprint density at radius 3 is 2.92 bits per heavy atom. The Balaban J connectivity index is 2.69. The van der Waals surface area contributed by atoms with Crippen LogP contribution in [-0.2, 0) is 9.53 Å². The van der Waals surface area contributed by atoms with E-state index in [2.05, 4.69) is 11.7 Å². The van der Waals surface area contributed by atoms with Crippen molar-refractivity contribution in [3.8, 4) is 0 Å². The van der Waals surface area contributed by atoms with Crippen molar-refractivity contribution in [2.45, 2.75) is 0 Å². The molecule has 62 valence electrons. The van der Waals surface area contributed by atoms with E-state index in [-0.39, 0.29) is 5.97 Å². The third kappa shape index (κ3) is 2.38. The molecule has 0 fully saturated rings. The number of benzene rings is 1. The summed E-state index contributed by atoms with van der Waals surface area (Å²) in [6, 6.07) is 7.36. The predicted octanol–water partition coefficient (Wildman–Crippen LogP) is 1.59. The number of methoxy groups -OCH3 is 1. The van der Waals surface area contributed by atoms with E-state index in [9.17, 15) is 4.79 Å². The van der Waals surface area contributed by atoms with Crippen molar-refractivity contribution in [2.75, 3.05) is 7.11 Å². The van der Waals surface area contributed by atoms with Crippen LogP contribution in [0.1, 0.15) is 11.1 Å². The van der Waals surface area contributed by atoms with E-state index in [1.807, 2.05) is 24.3 Å². The third-order valence-corrected chi connectivity index (χ3v) is 1.44. The lowest BCUT2D eigenvalue weighted by molar-refractivity contribution is -0.136. The SMILES string of the molecule is [CH2]c1cccc([CH]C(=O)OC)c1. The molecular weight excluding hydrogens is 152 g/mol. The van der Waals surface area contributed by atoms with Crippen molar-refractivity contribution in [1.29, 1.82) is 0 Å². The van der Waals surface area contributed by atoms with Crippen molar-refractivity contribution in [2.24, 2.45) is 0 Å². The molecule has 0 aliphatic carbocycles. The molecule has 0 spiro atoms. The Bertz CT molecular complexity index is 279. The predicted molar refractivity (Wildman–Crippen MR) is 46.3 cm³/mol. The molecule has 12 heavy (non-hydrogen) atoms. The highest BCUT2D eigenvalue weighted by Crippen LogP contribution is 2.06. The highest BCUT2D eigenvalue weighted by Gasteiger charge is 2.02. The molecule has 1 aromatic carbocycles. The van der Waals surface area contributed by atoms with Crippen LogP contribution in [0.2, 0.25) is 0 Å². The average Bonchev–Trinajstić information content (AvgIpc) is 2.04. The maximum absolute atomic E-state index is 10.8. The van der Waals surface area contributed by atoms with Gasteiger partial charge in [0.15, 0.2) is 0 Å². The first-order valence-corrected chi connectivity index (χ1v) is 3.57. The Morgan fingerprint density at radius 2 is 2.33 bits per heavy atom. The quantitative estimate of drug-likeness (QED) is 0.617. The maximum atomic E-state index is 10.8. The molecule has 0 N–H and O–H groups in total. The molecule has 1 aromatic rings. The number of esters is 1. The molecule has 0 aliphatic heterocycles. The summed E-state index contributed by atoms with van der Waals surface area (Å²) in [5.74, 6) is -0.347. The molecule has 2 nitrogen and oxygen atoms in total. The zero-order chi connectivity index (χ0) is 8.97. The van der Waals surface area contributed by atoms with Crippen LogP contribution in [-0.4, -0.2) is 13.1 Å². The molecule has 0 aromatic heterocycles. The first kappa shape index (κ1) is 8.78. The molecule has 0 heterocycles. The molecule has 0 unspecified atom stereocenters.